The highest BCUT2D eigenvalue weighted by Crippen LogP contribution is 2.68. The average Bonchev–Trinajstić information content (AvgIpc) is 3.70. The number of aromatic nitrogens is 3. The first-order valence-electron chi connectivity index (χ1n) is 16.1. The van der Waals surface area contributed by atoms with Gasteiger partial charge >= 0.3 is 6.18 Å². The summed E-state index contributed by atoms with van der Waals surface area (Å²) < 4.78 is 41.0. The topological polar surface area (TPSA) is 106 Å². The molecule has 3 aromatic heterocycles. The van der Waals surface area contributed by atoms with E-state index in [1.165, 1.54) is 11.9 Å². The van der Waals surface area contributed by atoms with Gasteiger partial charge in [-0.05, 0) is 67.3 Å². The number of nitrogens with zero attached hydrogens (tertiary/aromatic N) is 6. The van der Waals surface area contributed by atoms with Crippen molar-refractivity contribution in [3.63, 3.8) is 0 Å². The van der Waals surface area contributed by atoms with E-state index < -0.39 is 12.6 Å². The number of thiophene rings is 1. The lowest BCUT2D eigenvalue weighted by atomic mass is 9.39. The molecule has 13 heteroatoms. The lowest BCUT2D eigenvalue weighted by Crippen LogP contribution is -2.75. The number of anilines is 1. The molecule has 4 aromatic rings. The quantitative estimate of drug-likeness (QED) is 0.200. The van der Waals surface area contributed by atoms with Gasteiger partial charge in [0, 0.05) is 59.2 Å². The van der Waals surface area contributed by atoms with Crippen molar-refractivity contribution >= 4 is 44.1 Å². The molecule has 0 unspecified atom stereocenters. The Morgan fingerprint density at radius 3 is 2.66 bits per heavy atom. The Hall–Kier alpha value is -3.99. The zero-order chi connectivity index (χ0) is 32.4. The van der Waals surface area contributed by atoms with Crippen LogP contribution in [-0.4, -0.2) is 69.2 Å². The molecule has 0 atom stereocenters. The third-order valence-electron chi connectivity index (χ3n) is 10.2. The minimum atomic E-state index is -4.25. The van der Waals surface area contributed by atoms with Crippen LogP contribution in [0.25, 0.3) is 21.1 Å². The van der Waals surface area contributed by atoms with Crippen LogP contribution in [0, 0.1) is 16.7 Å². The molecule has 0 radical (unpaired) electrons. The summed E-state index contributed by atoms with van der Waals surface area (Å²) in [5, 5.41) is 22.2. The van der Waals surface area contributed by atoms with Gasteiger partial charge in [0.15, 0.2) is 0 Å². The Balaban J connectivity index is 0.864. The first-order valence-corrected chi connectivity index (χ1v) is 16.9. The van der Waals surface area contributed by atoms with E-state index in [2.05, 4.69) is 71.2 Å². The molecule has 4 fully saturated rings. The van der Waals surface area contributed by atoms with Crippen molar-refractivity contribution in [2.45, 2.75) is 69.4 Å². The molecule has 9 nitrogen and oxygen atoms in total. The van der Waals surface area contributed by atoms with Crippen molar-refractivity contribution < 1.29 is 13.2 Å². The molecule has 9 rings (SSSR count). The zero-order valence-electron chi connectivity index (χ0n) is 26.0. The van der Waals surface area contributed by atoms with Crippen LogP contribution in [0.2, 0.25) is 0 Å². The van der Waals surface area contributed by atoms with Gasteiger partial charge in [0.25, 0.3) is 0 Å². The fourth-order valence-electron chi connectivity index (χ4n) is 8.21. The van der Waals surface area contributed by atoms with E-state index in [4.69, 9.17) is 0 Å². The molecule has 2 aliphatic heterocycles. The van der Waals surface area contributed by atoms with Crippen LogP contribution in [0.4, 0.5) is 19.0 Å². The predicted octanol–water partition coefficient (Wildman–Crippen LogP) is 5.73. The highest BCUT2D eigenvalue weighted by molar-refractivity contribution is 7.18. The van der Waals surface area contributed by atoms with Gasteiger partial charge in [-0.25, -0.2) is 9.97 Å². The number of likely N-dealkylation sites (tertiary alicyclic amines) is 1. The number of hydrogen-bond donors (Lipinski definition) is 3. The highest BCUT2D eigenvalue weighted by atomic mass is 32.1. The van der Waals surface area contributed by atoms with Crippen molar-refractivity contribution in [1.82, 2.24) is 30.1 Å². The summed E-state index contributed by atoms with van der Waals surface area (Å²) in [5.41, 5.74) is 4.46. The molecule has 244 valence electrons. The number of nitriles is 1. The number of alkyl halides is 3. The van der Waals surface area contributed by atoms with Crippen molar-refractivity contribution in [1.29, 1.82) is 5.26 Å². The summed E-state index contributed by atoms with van der Waals surface area (Å²) in [6, 6.07) is 12.8. The second-order valence-electron chi connectivity index (χ2n) is 13.9. The second-order valence-corrected chi connectivity index (χ2v) is 15.0. The van der Waals surface area contributed by atoms with E-state index in [0.717, 1.165) is 98.6 Å². The third kappa shape index (κ3) is 5.98. The molecule has 3 N–H and O–H groups in total. The Kier molecular flexibility index (Phi) is 7.31. The van der Waals surface area contributed by atoms with Gasteiger partial charge in [-0.3, -0.25) is 9.89 Å². The van der Waals surface area contributed by atoms with Crippen LogP contribution in [0.1, 0.15) is 48.2 Å². The molecular formula is C34H36F3N9S. The van der Waals surface area contributed by atoms with Gasteiger partial charge < -0.3 is 20.5 Å². The van der Waals surface area contributed by atoms with Crippen LogP contribution in [0.5, 0.6) is 0 Å². The maximum Gasteiger partial charge on any atom is 0.393 e. The van der Waals surface area contributed by atoms with E-state index in [1.54, 1.807) is 6.07 Å². The predicted molar refractivity (Wildman–Crippen MR) is 177 cm³/mol. The van der Waals surface area contributed by atoms with E-state index in [0.29, 0.717) is 28.3 Å². The van der Waals surface area contributed by atoms with Crippen molar-refractivity contribution in [3.05, 3.63) is 65.1 Å². The number of aliphatic imine (C=N–C) groups is 1. The molecule has 3 aliphatic carbocycles. The summed E-state index contributed by atoms with van der Waals surface area (Å²) in [7, 11) is 0. The number of rotatable bonds is 10. The van der Waals surface area contributed by atoms with Crippen LogP contribution >= 0.6 is 11.3 Å². The Labute approximate surface area is 274 Å². The minimum Gasteiger partial charge on any atom is -0.367 e. The standard InChI is InChI=1S/C34H36F3N9S/c1-21-13-39-29(43-21)14-42-33-16-32(17-33,18-33)19-46-25(12-38)9-23-8-22(2-3-28(23)46)15-45-6-4-24(5-7-45)44-30-27-10-26(11-34(35,36)37)47-31(27)41-20-40-30/h2-3,8-10,20,24,42H,1,4-7,11,13-19H2,(H,39,43)(H,40,41,44). The monoisotopic (exact) mass is 659 g/mol. The summed E-state index contributed by atoms with van der Waals surface area (Å²) in [5.74, 6) is 1.58. The van der Waals surface area contributed by atoms with E-state index in [9.17, 15) is 18.4 Å². The Bertz CT molecular complexity index is 1920. The summed E-state index contributed by atoms with van der Waals surface area (Å²) in [4.78, 5) is 16.3. The third-order valence-corrected chi connectivity index (χ3v) is 11.3. The SMILES string of the molecule is C=C1CN=C(CNC23CC(Cn4c(C#N)cc5cc(CN6CCC(Nc7ncnc8sc(CC(F)(F)F)cc78)CC6)ccc54)(C2)C3)N1. The second kappa shape index (κ2) is 11.3. The van der Waals surface area contributed by atoms with E-state index >= 15 is 0 Å². The number of amidine groups is 1. The first kappa shape index (κ1) is 30.4. The van der Waals surface area contributed by atoms with Gasteiger partial charge in [0.2, 0.25) is 0 Å². The molecule has 1 saturated heterocycles. The van der Waals surface area contributed by atoms with Crippen molar-refractivity contribution in [2.24, 2.45) is 10.4 Å². The lowest BCUT2D eigenvalue weighted by Gasteiger charge is -2.71. The van der Waals surface area contributed by atoms with Gasteiger partial charge in [-0.15, -0.1) is 11.3 Å². The molecular weight excluding hydrogens is 623 g/mol. The molecule has 2 bridgehead atoms. The van der Waals surface area contributed by atoms with E-state index in [1.807, 2.05) is 6.07 Å². The largest absolute Gasteiger partial charge is 0.393 e. The molecule has 47 heavy (non-hydrogen) atoms. The first-order chi connectivity index (χ1) is 22.6. The van der Waals surface area contributed by atoms with Crippen LogP contribution in [0.3, 0.4) is 0 Å². The number of piperidine rings is 1. The zero-order valence-corrected chi connectivity index (χ0v) is 26.8. The minimum absolute atomic E-state index is 0.185. The van der Waals surface area contributed by atoms with Gasteiger partial charge in [-0.1, -0.05) is 12.6 Å². The maximum absolute atomic E-state index is 12.9. The van der Waals surface area contributed by atoms with Gasteiger partial charge in [0.1, 0.15) is 34.6 Å². The van der Waals surface area contributed by atoms with E-state index in [-0.39, 0.29) is 21.9 Å². The van der Waals surface area contributed by atoms with Gasteiger partial charge in [-0.2, -0.15) is 18.4 Å². The molecule has 0 amide bonds. The highest BCUT2D eigenvalue weighted by Gasteiger charge is 2.67. The number of nitrogens with one attached hydrogen (secondary N) is 3. The van der Waals surface area contributed by atoms with Crippen LogP contribution in [0.15, 0.2) is 53.9 Å². The average molecular weight is 660 g/mol. The molecule has 3 saturated carbocycles. The normalized spacial score (nSPS) is 24.6. The Morgan fingerprint density at radius 1 is 1.13 bits per heavy atom. The fourth-order valence-corrected chi connectivity index (χ4v) is 9.23. The smallest absolute Gasteiger partial charge is 0.367 e. The number of hydrogen-bond acceptors (Lipinski definition) is 9. The van der Waals surface area contributed by atoms with Crippen LogP contribution in [-0.2, 0) is 19.5 Å². The molecule has 1 aromatic carbocycles. The molecule has 5 heterocycles. The number of benzene rings is 1. The fraction of sp³-hybridized carbons (Fsp3) is 0.471. The number of fused-ring (bicyclic) bond motifs is 2. The van der Waals surface area contributed by atoms with Gasteiger partial charge in [0.05, 0.1) is 24.9 Å². The Morgan fingerprint density at radius 2 is 1.94 bits per heavy atom. The van der Waals surface area contributed by atoms with Crippen molar-refractivity contribution in [2.75, 3.05) is 31.5 Å². The summed E-state index contributed by atoms with van der Waals surface area (Å²) in [6.45, 7) is 8.83. The van der Waals surface area contributed by atoms with Crippen LogP contribution < -0.4 is 16.0 Å². The van der Waals surface area contributed by atoms with Crippen molar-refractivity contribution in [3.8, 4) is 6.07 Å². The lowest BCUT2D eigenvalue weighted by molar-refractivity contribution is -0.161. The molecule has 5 aliphatic rings. The maximum atomic E-state index is 12.9. The molecule has 0 spiro atoms. The summed E-state index contributed by atoms with van der Waals surface area (Å²) >= 11 is 1.07. The summed E-state index contributed by atoms with van der Waals surface area (Å²) in [6.07, 6.45) is 1.39. The number of halogens is 3.